The topological polar surface area (TPSA) is 76.0 Å². The minimum absolute atomic E-state index is 0.312. The predicted molar refractivity (Wildman–Crippen MR) is 120 cm³/mol. The molecule has 0 bridgehead atoms. The van der Waals surface area contributed by atoms with E-state index in [0.29, 0.717) is 17.0 Å². The minimum atomic E-state index is -0.461. The Morgan fingerprint density at radius 1 is 0.806 bits per heavy atom. The van der Waals surface area contributed by atoms with Crippen LogP contribution in [0.5, 0.6) is 0 Å². The van der Waals surface area contributed by atoms with E-state index in [4.69, 9.17) is 0 Å². The summed E-state index contributed by atoms with van der Waals surface area (Å²) < 4.78 is 1.57. The molecule has 6 heteroatoms. The van der Waals surface area contributed by atoms with Gasteiger partial charge in [0.2, 0.25) is 0 Å². The summed E-state index contributed by atoms with van der Waals surface area (Å²) >= 11 is 0. The van der Waals surface area contributed by atoms with Crippen molar-refractivity contribution in [3.05, 3.63) is 108 Å². The quantitative estimate of drug-likeness (QED) is 0.485. The highest BCUT2D eigenvalue weighted by molar-refractivity contribution is 5.99. The first-order chi connectivity index (χ1) is 15.2. The largest absolute Gasteiger partial charge is 0.288 e. The van der Waals surface area contributed by atoms with Crippen LogP contribution in [0.15, 0.2) is 91.0 Å². The lowest BCUT2D eigenvalue weighted by Crippen LogP contribution is -2.42. The van der Waals surface area contributed by atoms with Crippen molar-refractivity contribution in [2.45, 2.75) is 13.3 Å². The van der Waals surface area contributed by atoms with Gasteiger partial charge in [0.25, 0.3) is 11.8 Å². The third-order valence-electron chi connectivity index (χ3n) is 4.93. The monoisotopic (exact) mass is 410 g/mol. The summed E-state index contributed by atoms with van der Waals surface area (Å²) in [5.41, 5.74) is 9.21. The zero-order chi connectivity index (χ0) is 21.6. The summed E-state index contributed by atoms with van der Waals surface area (Å²) in [5.74, 6) is -0.845. The van der Waals surface area contributed by atoms with Gasteiger partial charge in [-0.25, -0.2) is 4.68 Å². The Kier molecular flexibility index (Phi) is 5.89. The van der Waals surface area contributed by atoms with Crippen molar-refractivity contribution < 1.29 is 9.59 Å². The molecule has 0 aliphatic carbocycles. The lowest BCUT2D eigenvalue weighted by molar-refractivity contribution is 0.0842. The van der Waals surface area contributed by atoms with Crippen LogP contribution in [0.3, 0.4) is 0 Å². The molecule has 4 aromatic rings. The highest BCUT2D eigenvalue weighted by atomic mass is 16.2. The van der Waals surface area contributed by atoms with Crippen LogP contribution < -0.4 is 10.9 Å². The molecule has 0 aliphatic heterocycles. The van der Waals surface area contributed by atoms with Gasteiger partial charge in [-0.2, -0.15) is 5.10 Å². The molecule has 1 aromatic heterocycles. The normalized spacial score (nSPS) is 10.5. The summed E-state index contributed by atoms with van der Waals surface area (Å²) in [4.78, 5) is 25.3. The molecule has 4 rings (SSSR count). The van der Waals surface area contributed by atoms with Crippen LogP contribution in [-0.4, -0.2) is 21.6 Å². The van der Waals surface area contributed by atoms with Gasteiger partial charge < -0.3 is 0 Å². The van der Waals surface area contributed by atoms with Crippen LogP contribution >= 0.6 is 0 Å². The number of hydrogen-bond acceptors (Lipinski definition) is 3. The van der Waals surface area contributed by atoms with Crippen LogP contribution in [0.2, 0.25) is 0 Å². The summed E-state index contributed by atoms with van der Waals surface area (Å²) in [6, 6.07) is 28.0. The number of aryl methyl sites for hydroxylation is 1. The number of rotatable bonds is 5. The van der Waals surface area contributed by atoms with Gasteiger partial charge in [-0.1, -0.05) is 67.6 Å². The molecule has 6 nitrogen and oxygen atoms in total. The number of hydrazine groups is 1. The molecule has 0 aliphatic rings. The van der Waals surface area contributed by atoms with Crippen LogP contribution in [0.1, 0.15) is 33.3 Å². The average Bonchev–Trinajstić information content (AvgIpc) is 3.29. The van der Waals surface area contributed by atoms with E-state index in [1.807, 2.05) is 72.8 Å². The molecule has 2 N–H and O–H groups in total. The van der Waals surface area contributed by atoms with Gasteiger partial charge in [-0.3, -0.25) is 20.4 Å². The van der Waals surface area contributed by atoms with Crippen molar-refractivity contribution in [3.63, 3.8) is 0 Å². The third kappa shape index (κ3) is 4.53. The Morgan fingerprint density at radius 3 is 2.06 bits per heavy atom. The molecule has 2 amide bonds. The Balaban J connectivity index is 1.57. The Hall–Kier alpha value is -4.19. The smallest absolute Gasteiger partial charge is 0.267 e. The second kappa shape index (κ2) is 9.09. The lowest BCUT2D eigenvalue weighted by atomic mass is 10.1. The van der Waals surface area contributed by atoms with Crippen molar-refractivity contribution in [2.24, 2.45) is 0 Å². The van der Waals surface area contributed by atoms with Gasteiger partial charge in [-0.15, -0.1) is 0 Å². The Bertz CT molecular complexity index is 1180. The number of nitrogens with zero attached hydrogens (tertiary/aromatic N) is 2. The van der Waals surface area contributed by atoms with Crippen LogP contribution in [0.25, 0.3) is 16.9 Å². The minimum Gasteiger partial charge on any atom is -0.267 e. The number of amides is 2. The van der Waals surface area contributed by atoms with Gasteiger partial charge >= 0.3 is 0 Å². The van der Waals surface area contributed by atoms with Crippen LogP contribution in [-0.2, 0) is 6.42 Å². The summed E-state index contributed by atoms with van der Waals surface area (Å²) in [7, 11) is 0. The Labute approximate surface area is 180 Å². The lowest BCUT2D eigenvalue weighted by Gasteiger charge is -2.09. The number of carbonyl (C=O) groups excluding carboxylic acids is 2. The number of hydrogen-bond donors (Lipinski definition) is 2. The van der Waals surface area contributed by atoms with Crippen molar-refractivity contribution in [3.8, 4) is 16.9 Å². The maximum Gasteiger partial charge on any atom is 0.288 e. The van der Waals surface area contributed by atoms with Gasteiger partial charge in [-0.05, 0) is 42.3 Å². The molecule has 0 spiro atoms. The molecule has 0 saturated heterocycles. The van der Waals surface area contributed by atoms with E-state index in [-0.39, 0.29) is 5.91 Å². The predicted octanol–water partition coefficient (Wildman–Crippen LogP) is 4.18. The van der Waals surface area contributed by atoms with Crippen molar-refractivity contribution >= 4 is 11.8 Å². The van der Waals surface area contributed by atoms with E-state index in [0.717, 1.165) is 23.2 Å². The fourth-order valence-corrected chi connectivity index (χ4v) is 3.20. The average molecular weight is 410 g/mol. The second-order valence-electron chi connectivity index (χ2n) is 6.99. The summed E-state index contributed by atoms with van der Waals surface area (Å²) in [6.07, 6.45) is 0.895. The second-order valence-corrected chi connectivity index (χ2v) is 6.99. The van der Waals surface area contributed by atoms with Gasteiger partial charge in [0.15, 0.2) is 0 Å². The third-order valence-corrected chi connectivity index (χ3v) is 4.93. The maximum atomic E-state index is 12.9. The molecule has 1 heterocycles. The molecule has 0 fully saturated rings. The number of carbonyl (C=O) groups is 2. The van der Waals surface area contributed by atoms with E-state index in [1.165, 1.54) is 0 Å². The maximum absolute atomic E-state index is 12.9. The first kappa shape index (κ1) is 20.1. The molecule has 3 aromatic carbocycles. The SMILES string of the molecule is CCc1ccc(C(=O)NNC(=O)c2cc(-c3ccccc3)nn2-c2ccccc2)cc1. The molecular weight excluding hydrogens is 388 g/mol. The van der Waals surface area contributed by atoms with Gasteiger partial charge in [0.1, 0.15) is 5.69 Å². The number of benzene rings is 3. The fourth-order valence-electron chi connectivity index (χ4n) is 3.20. The number of nitrogens with one attached hydrogen (secondary N) is 2. The van der Waals surface area contributed by atoms with Crippen molar-refractivity contribution in [1.29, 1.82) is 0 Å². The van der Waals surface area contributed by atoms with Gasteiger partial charge in [0.05, 0.1) is 11.4 Å². The van der Waals surface area contributed by atoms with E-state index in [9.17, 15) is 9.59 Å². The van der Waals surface area contributed by atoms with Crippen LogP contribution in [0, 0.1) is 0 Å². The molecule has 0 saturated carbocycles. The zero-order valence-corrected chi connectivity index (χ0v) is 17.1. The first-order valence-electron chi connectivity index (χ1n) is 10.1. The number of aromatic nitrogens is 2. The van der Waals surface area contributed by atoms with Gasteiger partial charge in [0, 0.05) is 11.1 Å². The molecule has 0 atom stereocenters. The molecule has 31 heavy (non-hydrogen) atoms. The first-order valence-corrected chi connectivity index (χ1v) is 10.1. The van der Waals surface area contributed by atoms with Crippen molar-refractivity contribution in [1.82, 2.24) is 20.6 Å². The summed E-state index contributed by atoms with van der Waals surface area (Å²) in [6.45, 7) is 2.05. The van der Waals surface area contributed by atoms with E-state index in [1.54, 1.807) is 22.9 Å². The Morgan fingerprint density at radius 2 is 1.42 bits per heavy atom. The summed E-state index contributed by atoms with van der Waals surface area (Å²) in [5, 5.41) is 4.62. The zero-order valence-electron chi connectivity index (χ0n) is 17.1. The van der Waals surface area contributed by atoms with Crippen LogP contribution in [0.4, 0.5) is 0 Å². The number of para-hydroxylation sites is 1. The molecular formula is C25H22N4O2. The van der Waals surface area contributed by atoms with E-state index < -0.39 is 5.91 Å². The molecule has 0 radical (unpaired) electrons. The van der Waals surface area contributed by atoms with E-state index >= 15 is 0 Å². The fraction of sp³-hybridized carbons (Fsp3) is 0.0800. The molecule has 154 valence electrons. The highest BCUT2D eigenvalue weighted by Gasteiger charge is 2.18. The highest BCUT2D eigenvalue weighted by Crippen LogP contribution is 2.21. The molecule has 0 unspecified atom stereocenters. The van der Waals surface area contributed by atoms with E-state index in [2.05, 4.69) is 22.9 Å². The van der Waals surface area contributed by atoms with Crippen molar-refractivity contribution in [2.75, 3.05) is 0 Å². The standard InChI is InChI=1S/C25H22N4O2/c1-2-18-13-15-20(16-14-18)24(30)26-27-25(31)23-17-22(19-9-5-3-6-10-19)28-29(23)21-11-7-4-8-12-21/h3-17H,2H2,1H3,(H,26,30)(H,27,31).